The summed E-state index contributed by atoms with van der Waals surface area (Å²) in [7, 11) is 3.17. The highest BCUT2D eigenvalue weighted by molar-refractivity contribution is 6.24. The first kappa shape index (κ1) is 31.0. The van der Waals surface area contributed by atoms with Crippen LogP contribution in [0, 0.1) is 11.8 Å². The van der Waals surface area contributed by atoms with Gasteiger partial charge in [0.2, 0.25) is 5.78 Å². The third kappa shape index (κ3) is 4.77. The molecule has 1 saturated heterocycles. The van der Waals surface area contributed by atoms with Gasteiger partial charge >= 0.3 is 0 Å². The van der Waals surface area contributed by atoms with Gasteiger partial charge < -0.3 is 30.9 Å². The predicted molar refractivity (Wildman–Crippen MR) is 165 cm³/mol. The van der Waals surface area contributed by atoms with E-state index in [1.165, 1.54) is 11.0 Å². The number of benzene rings is 2. The number of phenols is 1. The lowest BCUT2D eigenvalue weighted by atomic mass is 9.57. The summed E-state index contributed by atoms with van der Waals surface area (Å²) in [5.41, 5.74) is 6.46. The number of aryl methyl sites for hydroxylation is 1. The first-order chi connectivity index (χ1) is 21.4. The van der Waals surface area contributed by atoms with E-state index in [4.69, 9.17) is 10.5 Å². The van der Waals surface area contributed by atoms with Crippen molar-refractivity contribution in [3.05, 3.63) is 69.5 Å². The number of primary amides is 1. The summed E-state index contributed by atoms with van der Waals surface area (Å²) in [4.78, 5) is 43.6. The molecule has 2 fully saturated rings. The fraction of sp³-hybridized carbons (Fsp3) is 0.441. The smallest absolute Gasteiger partial charge is 0.255 e. The number of likely N-dealkylation sites (N-methyl/N-ethyl adjacent to an activating group) is 1. The zero-order valence-electron chi connectivity index (χ0n) is 25.7. The van der Waals surface area contributed by atoms with Crippen LogP contribution in [0.25, 0.3) is 16.9 Å². The van der Waals surface area contributed by atoms with Gasteiger partial charge in [-0.1, -0.05) is 25.1 Å². The molecule has 0 radical (unpaired) electrons. The number of rotatable bonds is 6. The Balaban J connectivity index is 1.49. The SMILES string of the molecule is CCc1ccc(CN2CCOCC2)cc1-c1ccc(O)c2c1C[C@H]1C[C@H]3[C@H](N(C)C)C(=O)C(C(N)=O)=C(O)[C@@]3(O)C(=O)C1=C2O. The highest BCUT2D eigenvalue weighted by Crippen LogP contribution is 2.53. The minimum absolute atomic E-state index is 0.0402. The van der Waals surface area contributed by atoms with Crippen molar-refractivity contribution in [2.75, 3.05) is 40.4 Å². The lowest BCUT2D eigenvalue weighted by molar-refractivity contribution is -0.153. The van der Waals surface area contributed by atoms with Crippen LogP contribution in [0.3, 0.4) is 0 Å². The van der Waals surface area contributed by atoms with E-state index in [1.807, 2.05) is 6.07 Å². The topological polar surface area (TPSA) is 174 Å². The van der Waals surface area contributed by atoms with Crippen LogP contribution in [0.1, 0.15) is 35.6 Å². The number of ether oxygens (including phenoxy) is 1. The molecule has 45 heavy (non-hydrogen) atoms. The van der Waals surface area contributed by atoms with Gasteiger partial charge in [-0.05, 0) is 79.2 Å². The standard InChI is InChI=1S/C34H39N3O8/c1-4-18-6-5-17(16-37-9-11-45-12-10-37)13-21(18)20-7-8-24(38)26-22(20)14-19-15-23-28(36(2)3)30(40)27(33(35)43)32(42)34(23,44)31(41)25(19)29(26)39/h5-8,13,19,23,28,38-39,42,44H,4,9-12,14-16H2,1-3H3,(H2,35,43)/t19-,23-,28-,34-/m0/s1. The first-order valence-corrected chi connectivity index (χ1v) is 15.3. The maximum atomic E-state index is 14.2. The summed E-state index contributed by atoms with van der Waals surface area (Å²) in [6.07, 6.45) is 1.01. The van der Waals surface area contributed by atoms with Crippen molar-refractivity contribution < 1.29 is 39.5 Å². The number of ketones is 2. The van der Waals surface area contributed by atoms with Crippen molar-refractivity contribution in [1.29, 1.82) is 0 Å². The molecule has 1 amide bonds. The quantitative estimate of drug-likeness (QED) is 0.302. The second kappa shape index (κ2) is 11.4. The van der Waals surface area contributed by atoms with Gasteiger partial charge in [-0.25, -0.2) is 0 Å². The van der Waals surface area contributed by atoms with E-state index >= 15 is 0 Å². The fourth-order valence-electron chi connectivity index (χ4n) is 7.79. The van der Waals surface area contributed by atoms with E-state index in [-0.39, 0.29) is 29.7 Å². The Morgan fingerprint density at radius 3 is 2.44 bits per heavy atom. The highest BCUT2D eigenvalue weighted by atomic mass is 16.5. The molecule has 11 heteroatoms. The molecule has 1 aliphatic heterocycles. The van der Waals surface area contributed by atoms with Crippen molar-refractivity contribution in [1.82, 2.24) is 9.80 Å². The Kier molecular flexibility index (Phi) is 7.85. The monoisotopic (exact) mass is 617 g/mol. The van der Waals surface area contributed by atoms with Crippen LogP contribution in [0.15, 0.2) is 47.2 Å². The molecule has 2 aromatic carbocycles. The number of morpholine rings is 1. The zero-order valence-corrected chi connectivity index (χ0v) is 25.7. The van der Waals surface area contributed by atoms with E-state index in [9.17, 15) is 34.8 Å². The number of aromatic hydroxyl groups is 1. The van der Waals surface area contributed by atoms with Crippen molar-refractivity contribution >= 4 is 23.2 Å². The lowest BCUT2D eigenvalue weighted by Crippen LogP contribution is -2.65. The summed E-state index contributed by atoms with van der Waals surface area (Å²) in [5, 5.41) is 45.6. The molecule has 1 saturated carbocycles. The number of phenolic OH excluding ortho intramolecular Hbond substituents is 1. The first-order valence-electron chi connectivity index (χ1n) is 15.3. The molecule has 0 bridgehead atoms. The van der Waals surface area contributed by atoms with Crippen LogP contribution in [0.2, 0.25) is 0 Å². The summed E-state index contributed by atoms with van der Waals surface area (Å²) in [5.74, 6) is -6.64. The van der Waals surface area contributed by atoms with Crippen molar-refractivity contribution in [2.45, 2.75) is 44.4 Å². The number of carbonyl (C=O) groups is 3. The summed E-state index contributed by atoms with van der Waals surface area (Å²) < 4.78 is 5.50. The van der Waals surface area contributed by atoms with E-state index in [0.717, 1.165) is 48.3 Å². The maximum Gasteiger partial charge on any atom is 0.255 e. The largest absolute Gasteiger partial charge is 0.508 e. The molecule has 0 aromatic heterocycles. The molecule has 4 atom stereocenters. The van der Waals surface area contributed by atoms with Gasteiger partial charge in [-0.15, -0.1) is 0 Å². The summed E-state index contributed by atoms with van der Waals surface area (Å²) >= 11 is 0. The van der Waals surface area contributed by atoms with Crippen molar-refractivity contribution in [3.63, 3.8) is 0 Å². The van der Waals surface area contributed by atoms with Gasteiger partial charge in [-0.2, -0.15) is 0 Å². The second-order valence-electron chi connectivity index (χ2n) is 12.7. The molecular weight excluding hydrogens is 578 g/mol. The number of nitrogens with zero attached hydrogens (tertiary/aromatic N) is 2. The van der Waals surface area contributed by atoms with Gasteiger partial charge in [0, 0.05) is 31.1 Å². The lowest BCUT2D eigenvalue weighted by Gasteiger charge is -2.50. The van der Waals surface area contributed by atoms with Crippen LogP contribution < -0.4 is 5.73 Å². The maximum absolute atomic E-state index is 14.2. The van der Waals surface area contributed by atoms with Crippen molar-refractivity contribution in [2.24, 2.45) is 17.6 Å². The van der Waals surface area contributed by atoms with Gasteiger partial charge in [-0.3, -0.25) is 24.2 Å². The Labute approximate surface area is 261 Å². The van der Waals surface area contributed by atoms with Gasteiger partial charge in [0.1, 0.15) is 22.8 Å². The van der Waals surface area contributed by atoms with E-state index < -0.39 is 58.0 Å². The molecule has 6 N–H and O–H groups in total. The van der Waals surface area contributed by atoms with E-state index in [2.05, 4.69) is 30.0 Å². The minimum atomic E-state index is -2.67. The molecular formula is C34H39N3O8. The van der Waals surface area contributed by atoms with E-state index in [0.29, 0.717) is 18.8 Å². The Morgan fingerprint density at radius 2 is 1.80 bits per heavy atom. The number of nitrogens with two attached hydrogens (primary N) is 1. The average Bonchev–Trinajstić information content (AvgIpc) is 2.99. The molecule has 2 aromatic rings. The number of fused-ring (bicyclic) bond motifs is 3. The number of hydrogen-bond donors (Lipinski definition) is 5. The number of Topliss-reactive ketones (excluding diaryl/α,β-unsaturated/α-hetero) is 2. The second-order valence-corrected chi connectivity index (χ2v) is 12.7. The average molecular weight is 618 g/mol. The Hall–Kier alpha value is -4.03. The zero-order chi connectivity index (χ0) is 32.4. The number of hydrogen-bond acceptors (Lipinski definition) is 10. The van der Waals surface area contributed by atoms with Gasteiger partial charge in [0.05, 0.1) is 24.8 Å². The molecule has 6 rings (SSSR count). The third-order valence-corrected chi connectivity index (χ3v) is 9.96. The minimum Gasteiger partial charge on any atom is -0.508 e. The molecule has 0 spiro atoms. The molecule has 11 nitrogen and oxygen atoms in total. The number of carbonyl (C=O) groups excluding carboxylic acids is 3. The Morgan fingerprint density at radius 1 is 1.09 bits per heavy atom. The molecule has 238 valence electrons. The highest BCUT2D eigenvalue weighted by Gasteiger charge is 2.64. The number of amides is 1. The normalized spacial score (nSPS) is 27.0. The fourth-order valence-corrected chi connectivity index (χ4v) is 7.79. The van der Waals surface area contributed by atoms with Crippen LogP contribution in [-0.4, -0.2) is 99.7 Å². The van der Waals surface area contributed by atoms with Crippen LogP contribution in [-0.2, 0) is 38.5 Å². The van der Waals surface area contributed by atoms with Crippen LogP contribution in [0.4, 0.5) is 0 Å². The van der Waals surface area contributed by atoms with Gasteiger partial charge in [0.15, 0.2) is 11.4 Å². The molecule has 4 aliphatic rings. The van der Waals surface area contributed by atoms with Gasteiger partial charge in [0.25, 0.3) is 5.91 Å². The van der Waals surface area contributed by atoms with E-state index in [1.54, 1.807) is 14.1 Å². The van der Waals surface area contributed by atoms with Crippen molar-refractivity contribution in [3.8, 4) is 16.9 Å². The molecule has 1 heterocycles. The van der Waals surface area contributed by atoms with Crippen LogP contribution in [0.5, 0.6) is 5.75 Å². The number of aliphatic hydroxyl groups excluding tert-OH is 2. The Bertz CT molecular complexity index is 1670. The molecule has 0 unspecified atom stereocenters. The van der Waals surface area contributed by atoms with Crippen LogP contribution >= 0.6 is 0 Å². The summed E-state index contributed by atoms with van der Waals surface area (Å²) in [6, 6.07) is 8.52. The summed E-state index contributed by atoms with van der Waals surface area (Å²) in [6.45, 7) is 5.86. The predicted octanol–water partition coefficient (Wildman–Crippen LogP) is 2.03. The number of aliphatic hydroxyl groups is 3. The molecule has 3 aliphatic carbocycles. The third-order valence-electron chi connectivity index (χ3n) is 9.96.